The number of benzene rings is 2. The summed E-state index contributed by atoms with van der Waals surface area (Å²) in [5.41, 5.74) is 3.24. The van der Waals surface area contributed by atoms with Crippen LogP contribution in [0.4, 0.5) is 5.69 Å². The average molecular weight is 372 g/mol. The van der Waals surface area contributed by atoms with Gasteiger partial charge in [-0.1, -0.05) is 30.3 Å². The van der Waals surface area contributed by atoms with Gasteiger partial charge in [0.05, 0.1) is 23.6 Å². The fraction of sp³-hybridized carbons (Fsp3) is 0.0476. The first kappa shape index (κ1) is 17.2. The largest absolute Gasteiger partial charge is 0.321 e. The highest BCUT2D eigenvalue weighted by molar-refractivity contribution is 7.98. The Balaban J connectivity index is 1.46. The Morgan fingerprint density at radius 2 is 1.89 bits per heavy atom. The lowest BCUT2D eigenvalue weighted by Gasteiger charge is -2.08. The lowest BCUT2D eigenvalue weighted by Crippen LogP contribution is -2.12. The molecule has 1 amide bonds. The van der Waals surface area contributed by atoms with Gasteiger partial charge in [-0.25, -0.2) is 4.98 Å². The summed E-state index contributed by atoms with van der Waals surface area (Å²) >= 11 is 1.58. The molecule has 0 aliphatic carbocycles. The summed E-state index contributed by atoms with van der Waals surface area (Å²) in [6.07, 6.45) is 6.72. The maximum atomic E-state index is 12.6. The molecule has 27 heavy (non-hydrogen) atoms. The first-order valence-corrected chi connectivity index (χ1v) is 9.40. The molecule has 0 saturated heterocycles. The average Bonchev–Trinajstić information content (AvgIpc) is 2.73. The lowest BCUT2D eigenvalue weighted by molar-refractivity contribution is 0.102. The molecule has 4 aromatic rings. The summed E-state index contributed by atoms with van der Waals surface area (Å²) in [5, 5.41) is 4.77. The van der Waals surface area contributed by atoms with Gasteiger partial charge >= 0.3 is 0 Å². The number of para-hydroxylation sites is 1. The number of carbonyl (C=O) groups excluding carboxylic acids is 1. The maximum Gasteiger partial charge on any atom is 0.255 e. The maximum absolute atomic E-state index is 12.6. The highest BCUT2D eigenvalue weighted by atomic mass is 32.2. The van der Waals surface area contributed by atoms with Gasteiger partial charge in [-0.05, 0) is 29.8 Å². The van der Waals surface area contributed by atoms with Crippen molar-refractivity contribution in [3.8, 4) is 0 Å². The van der Waals surface area contributed by atoms with Gasteiger partial charge in [0.15, 0.2) is 0 Å². The van der Waals surface area contributed by atoms with Crippen LogP contribution >= 0.6 is 11.8 Å². The van der Waals surface area contributed by atoms with Crippen LogP contribution in [0.15, 0.2) is 84.4 Å². The van der Waals surface area contributed by atoms with E-state index in [-0.39, 0.29) is 5.91 Å². The number of aromatic nitrogens is 3. The number of hydrogen-bond acceptors (Lipinski definition) is 5. The summed E-state index contributed by atoms with van der Waals surface area (Å²) < 4.78 is 0. The molecular weight excluding hydrogens is 356 g/mol. The van der Waals surface area contributed by atoms with Crippen molar-refractivity contribution in [3.63, 3.8) is 0 Å². The van der Waals surface area contributed by atoms with Crippen LogP contribution in [0.25, 0.3) is 10.9 Å². The highest BCUT2D eigenvalue weighted by Crippen LogP contribution is 2.21. The lowest BCUT2D eigenvalue weighted by atomic mass is 10.1. The van der Waals surface area contributed by atoms with Gasteiger partial charge in [0.2, 0.25) is 0 Å². The van der Waals surface area contributed by atoms with Gasteiger partial charge < -0.3 is 5.32 Å². The number of amides is 1. The Bertz CT molecular complexity index is 1090. The van der Waals surface area contributed by atoms with Gasteiger partial charge in [0.1, 0.15) is 5.03 Å². The normalized spacial score (nSPS) is 10.7. The molecule has 0 fully saturated rings. The minimum absolute atomic E-state index is 0.154. The van der Waals surface area contributed by atoms with Crippen molar-refractivity contribution in [3.05, 3.63) is 90.5 Å². The number of rotatable bonds is 5. The molecular formula is C21H16N4OS. The zero-order valence-corrected chi connectivity index (χ0v) is 15.2. The third-order valence-corrected chi connectivity index (χ3v) is 4.95. The second kappa shape index (κ2) is 7.97. The van der Waals surface area contributed by atoms with Crippen LogP contribution in [-0.4, -0.2) is 20.9 Å². The predicted octanol–water partition coefficient (Wildman–Crippen LogP) is 4.57. The molecule has 6 heteroatoms. The molecule has 2 aromatic carbocycles. The monoisotopic (exact) mass is 372 g/mol. The van der Waals surface area contributed by atoms with E-state index in [1.807, 2.05) is 48.5 Å². The Morgan fingerprint density at radius 3 is 2.78 bits per heavy atom. The van der Waals surface area contributed by atoms with Crippen LogP contribution in [0.1, 0.15) is 15.9 Å². The number of pyridine rings is 1. The Kier molecular flexibility index (Phi) is 5.07. The van der Waals surface area contributed by atoms with Crippen LogP contribution < -0.4 is 5.32 Å². The molecule has 2 heterocycles. The van der Waals surface area contributed by atoms with Gasteiger partial charge in [0.25, 0.3) is 5.91 Å². The topological polar surface area (TPSA) is 67.8 Å². The smallest absolute Gasteiger partial charge is 0.255 e. The van der Waals surface area contributed by atoms with Crippen molar-refractivity contribution in [2.75, 3.05) is 5.32 Å². The first-order chi connectivity index (χ1) is 13.3. The number of fused-ring (bicyclic) bond motifs is 1. The van der Waals surface area contributed by atoms with E-state index in [4.69, 9.17) is 0 Å². The third-order valence-electron chi connectivity index (χ3n) is 3.96. The summed E-state index contributed by atoms with van der Waals surface area (Å²) in [7, 11) is 0. The SMILES string of the molecule is O=C(Nc1cnc2ccccc2c1)c1cccc(CSc2cnccn2)c1. The molecule has 0 spiro atoms. The molecule has 0 radical (unpaired) electrons. The number of nitrogens with zero attached hydrogens (tertiary/aromatic N) is 3. The van der Waals surface area contributed by atoms with Crippen LogP contribution in [0.2, 0.25) is 0 Å². The molecule has 0 saturated carbocycles. The van der Waals surface area contributed by atoms with Crippen LogP contribution in [0.5, 0.6) is 0 Å². The Morgan fingerprint density at radius 1 is 0.963 bits per heavy atom. The van der Waals surface area contributed by atoms with E-state index < -0.39 is 0 Å². The Hall–Kier alpha value is -3.25. The van der Waals surface area contributed by atoms with E-state index >= 15 is 0 Å². The molecule has 2 aromatic heterocycles. The second-order valence-electron chi connectivity index (χ2n) is 5.90. The number of thioether (sulfide) groups is 1. The van der Waals surface area contributed by atoms with Gasteiger partial charge in [-0.15, -0.1) is 11.8 Å². The highest BCUT2D eigenvalue weighted by Gasteiger charge is 2.08. The molecule has 4 rings (SSSR count). The third kappa shape index (κ3) is 4.30. The van der Waals surface area contributed by atoms with E-state index in [0.29, 0.717) is 11.3 Å². The van der Waals surface area contributed by atoms with E-state index in [9.17, 15) is 4.79 Å². The standard InChI is InChI=1S/C21H16N4OS/c26-21(25-18-11-16-5-1-2-7-19(16)24-12-18)17-6-3-4-15(10-17)14-27-20-13-22-8-9-23-20/h1-13H,14H2,(H,25,26). The van der Waals surface area contributed by atoms with Crippen molar-refractivity contribution in [2.24, 2.45) is 0 Å². The zero-order valence-electron chi connectivity index (χ0n) is 14.4. The minimum Gasteiger partial charge on any atom is -0.321 e. The Labute approximate surface area is 160 Å². The van der Waals surface area contributed by atoms with Gasteiger partial charge in [-0.3, -0.25) is 14.8 Å². The summed E-state index contributed by atoms with van der Waals surface area (Å²) in [6, 6.07) is 17.3. The van der Waals surface area contributed by atoms with Crippen molar-refractivity contribution in [2.45, 2.75) is 10.8 Å². The van der Waals surface area contributed by atoms with Crippen LogP contribution in [0, 0.1) is 0 Å². The van der Waals surface area contributed by atoms with Crippen molar-refractivity contribution >= 4 is 34.3 Å². The number of hydrogen-bond donors (Lipinski definition) is 1. The first-order valence-electron chi connectivity index (χ1n) is 8.42. The fourth-order valence-corrected chi connectivity index (χ4v) is 3.43. The van der Waals surface area contributed by atoms with E-state index in [1.165, 1.54) is 0 Å². The van der Waals surface area contributed by atoms with E-state index in [1.54, 1.807) is 42.6 Å². The molecule has 0 aliphatic heterocycles. The van der Waals surface area contributed by atoms with Crippen LogP contribution in [-0.2, 0) is 5.75 Å². The fourth-order valence-electron chi connectivity index (χ4n) is 2.66. The van der Waals surface area contributed by atoms with E-state index in [0.717, 1.165) is 27.2 Å². The van der Waals surface area contributed by atoms with Crippen molar-refractivity contribution in [1.82, 2.24) is 15.0 Å². The molecule has 0 unspecified atom stereocenters. The zero-order chi connectivity index (χ0) is 18.5. The molecule has 1 N–H and O–H groups in total. The van der Waals surface area contributed by atoms with Crippen molar-refractivity contribution in [1.29, 1.82) is 0 Å². The van der Waals surface area contributed by atoms with Crippen molar-refractivity contribution < 1.29 is 4.79 Å². The number of nitrogens with one attached hydrogen (secondary N) is 1. The van der Waals surface area contributed by atoms with E-state index in [2.05, 4.69) is 20.3 Å². The second-order valence-corrected chi connectivity index (χ2v) is 6.90. The minimum atomic E-state index is -0.154. The molecule has 0 bridgehead atoms. The quantitative estimate of drug-likeness (QED) is 0.520. The summed E-state index contributed by atoms with van der Waals surface area (Å²) in [4.78, 5) is 25.3. The predicted molar refractivity (Wildman–Crippen MR) is 108 cm³/mol. The number of anilines is 1. The van der Waals surface area contributed by atoms with Crippen LogP contribution in [0.3, 0.4) is 0 Å². The molecule has 132 valence electrons. The molecule has 5 nitrogen and oxygen atoms in total. The molecule has 0 aliphatic rings. The molecule has 0 atom stereocenters. The van der Waals surface area contributed by atoms with Gasteiger partial charge in [-0.2, -0.15) is 0 Å². The summed E-state index contributed by atoms with van der Waals surface area (Å²) in [5.74, 6) is 0.565. The summed E-state index contributed by atoms with van der Waals surface area (Å²) in [6.45, 7) is 0. The number of carbonyl (C=O) groups is 1. The van der Waals surface area contributed by atoms with Gasteiger partial charge in [0, 0.05) is 29.1 Å².